The third-order valence-electron chi connectivity index (χ3n) is 3.47. The highest BCUT2D eigenvalue weighted by Gasteiger charge is 2.14. The van der Waals surface area contributed by atoms with Crippen molar-refractivity contribution in [1.29, 1.82) is 0 Å². The fraction of sp³-hybridized carbons (Fsp3) is 0.294. The predicted molar refractivity (Wildman–Crippen MR) is 97.6 cm³/mol. The van der Waals surface area contributed by atoms with E-state index in [9.17, 15) is 9.59 Å². The number of H-pyrrole nitrogens is 1. The maximum Gasteiger partial charge on any atom is 0.228 e. The number of ketones is 1. The summed E-state index contributed by atoms with van der Waals surface area (Å²) in [4.78, 5) is 36.7. The summed E-state index contributed by atoms with van der Waals surface area (Å²) in [5.41, 5.74) is 1.27. The maximum absolute atomic E-state index is 12.2. The lowest BCUT2D eigenvalue weighted by Crippen LogP contribution is -2.17. The van der Waals surface area contributed by atoms with Crippen LogP contribution < -0.4 is 5.32 Å². The molecule has 1 amide bonds. The van der Waals surface area contributed by atoms with Gasteiger partial charge in [0.25, 0.3) is 0 Å². The van der Waals surface area contributed by atoms with Crippen molar-refractivity contribution < 1.29 is 9.59 Å². The molecular formula is C17H18N6O2S. The number of carbonyl (C=O) groups is 2. The molecule has 3 aromatic heterocycles. The molecule has 0 spiro atoms. The van der Waals surface area contributed by atoms with Crippen LogP contribution in [0.1, 0.15) is 25.4 Å². The number of carbonyl (C=O) groups excluding carboxylic acids is 2. The molecule has 8 nitrogen and oxygen atoms in total. The zero-order valence-corrected chi connectivity index (χ0v) is 15.2. The smallest absolute Gasteiger partial charge is 0.228 e. The molecule has 0 aliphatic carbocycles. The molecule has 0 fully saturated rings. The minimum absolute atomic E-state index is 0.0410. The van der Waals surface area contributed by atoms with Crippen molar-refractivity contribution >= 4 is 28.2 Å². The van der Waals surface area contributed by atoms with Gasteiger partial charge in [0, 0.05) is 17.5 Å². The number of amides is 1. The van der Waals surface area contributed by atoms with Gasteiger partial charge in [-0.2, -0.15) is 5.10 Å². The molecule has 9 heteroatoms. The molecule has 134 valence electrons. The summed E-state index contributed by atoms with van der Waals surface area (Å²) in [7, 11) is 0. The second-order valence-corrected chi connectivity index (χ2v) is 6.86. The molecule has 0 saturated heterocycles. The SMILES string of the molecule is CC(C)C(=O)Nc1nc(CC(=O)Cc2nc(-c3ccccn3)n[nH]2)cs1. The van der Waals surface area contributed by atoms with Gasteiger partial charge in [-0.15, -0.1) is 11.3 Å². The molecule has 0 radical (unpaired) electrons. The summed E-state index contributed by atoms with van der Waals surface area (Å²) in [5.74, 6) is 0.686. The number of aromatic nitrogens is 5. The molecule has 0 saturated carbocycles. The summed E-state index contributed by atoms with van der Waals surface area (Å²) in [6.07, 6.45) is 1.97. The molecule has 0 bridgehead atoms. The van der Waals surface area contributed by atoms with E-state index in [1.54, 1.807) is 17.6 Å². The van der Waals surface area contributed by atoms with Crippen LogP contribution in [-0.4, -0.2) is 36.8 Å². The molecule has 0 aromatic carbocycles. The van der Waals surface area contributed by atoms with E-state index in [0.29, 0.717) is 28.2 Å². The minimum Gasteiger partial charge on any atom is -0.302 e. The second kappa shape index (κ2) is 7.96. The lowest BCUT2D eigenvalue weighted by Gasteiger charge is -2.03. The fourth-order valence-electron chi connectivity index (χ4n) is 2.13. The van der Waals surface area contributed by atoms with Gasteiger partial charge in [-0.3, -0.25) is 19.7 Å². The average Bonchev–Trinajstić information content (AvgIpc) is 3.25. The maximum atomic E-state index is 12.2. The Bertz CT molecular complexity index is 903. The van der Waals surface area contributed by atoms with Gasteiger partial charge < -0.3 is 5.32 Å². The standard InChI is InChI=1S/C17H18N6O2S/c1-10(2)16(25)21-17-19-11(9-26-17)7-12(24)8-14-20-15(23-22-14)13-5-3-4-6-18-13/h3-6,9-10H,7-8H2,1-2H3,(H,19,21,25)(H,20,22,23). The number of hydrogen-bond acceptors (Lipinski definition) is 7. The summed E-state index contributed by atoms with van der Waals surface area (Å²) >= 11 is 1.31. The van der Waals surface area contributed by atoms with Crippen LogP contribution in [0.5, 0.6) is 0 Å². The van der Waals surface area contributed by atoms with Crippen molar-refractivity contribution in [2.24, 2.45) is 5.92 Å². The van der Waals surface area contributed by atoms with Crippen LogP contribution in [-0.2, 0) is 22.4 Å². The zero-order valence-electron chi connectivity index (χ0n) is 14.4. The number of thiazole rings is 1. The van der Waals surface area contributed by atoms with E-state index in [-0.39, 0.29) is 30.4 Å². The Hall–Kier alpha value is -2.94. The first-order chi connectivity index (χ1) is 12.5. The molecule has 3 heterocycles. The minimum atomic E-state index is -0.122. The molecule has 0 unspecified atom stereocenters. The fourth-order valence-corrected chi connectivity index (χ4v) is 2.84. The van der Waals surface area contributed by atoms with Crippen LogP contribution in [0, 0.1) is 5.92 Å². The van der Waals surface area contributed by atoms with E-state index < -0.39 is 0 Å². The van der Waals surface area contributed by atoms with Crippen molar-refractivity contribution in [3.63, 3.8) is 0 Å². The van der Waals surface area contributed by atoms with E-state index in [0.717, 1.165) is 0 Å². The zero-order chi connectivity index (χ0) is 18.5. The first kappa shape index (κ1) is 17.9. The van der Waals surface area contributed by atoms with Gasteiger partial charge >= 0.3 is 0 Å². The topological polar surface area (TPSA) is 114 Å². The Balaban J connectivity index is 1.57. The third-order valence-corrected chi connectivity index (χ3v) is 4.28. The van der Waals surface area contributed by atoms with E-state index in [1.807, 2.05) is 26.0 Å². The Kier molecular flexibility index (Phi) is 5.47. The van der Waals surface area contributed by atoms with Crippen LogP contribution in [0.25, 0.3) is 11.5 Å². The van der Waals surface area contributed by atoms with Crippen LogP contribution >= 0.6 is 11.3 Å². The van der Waals surface area contributed by atoms with Gasteiger partial charge in [0.1, 0.15) is 17.3 Å². The lowest BCUT2D eigenvalue weighted by atomic mass is 10.2. The van der Waals surface area contributed by atoms with Crippen LogP contribution in [0.4, 0.5) is 5.13 Å². The monoisotopic (exact) mass is 370 g/mol. The van der Waals surface area contributed by atoms with Crippen molar-refractivity contribution in [3.05, 3.63) is 41.3 Å². The molecule has 0 atom stereocenters. The molecule has 2 N–H and O–H groups in total. The number of nitrogens with zero attached hydrogens (tertiary/aromatic N) is 4. The van der Waals surface area contributed by atoms with Crippen molar-refractivity contribution in [1.82, 2.24) is 25.1 Å². The normalized spacial score (nSPS) is 10.9. The molecular weight excluding hydrogens is 352 g/mol. The molecule has 3 aromatic rings. The van der Waals surface area contributed by atoms with Gasteiger partial charge in [-0.25, -0.2) is 9.97 Å². The predicted octanol–water partition coefficient (Wildman–Crippen LogP) is 2.27. The highest BCUT2D eigenvalue weighted by atomic mass is 32.1. The molecule has 3 rings (SSSR count). The number of rotatable bonds is 7. The van der Waals surface area contributed by atoms with Crippen molar-refractivity contribution in [2.45, 2.75) is 26.7 Å². The van der Waals surface area contributed by atoms with Gasteiger partial charge in [0.15, 0.2) is 11.0 Å². The summed E-state index contributed by atoms with van der Waals surface area (Å²) < 4.78 is 0. The summed E-state index contributed by atoms with van der Waals surface area (Å²) in [6.45, 7) is 3.62. The average molecular weight is 370 g/mol. The number of anilines is 1. The Morgan fingerprint density at radius 1 is 1.23 bits per heavy atom. The van der Waals surface area contributed by atoms with E-state index in [4.69, 9.17) is 0 Å². The quantitative estimate of drug-likeness (QED) is 0.659. The van der Waals surface area contributed by atoms with Crippen LogP contribution in [0.3, 0.4) is 0 Å². The lowest BCUT2D eigenvalue weighted by molar-refractivity contribution is -0.119. The van der Waals surface area contributed by atoms with E-state index in [2.05, 4.69) is 30.5 Å². The third kappa shape index (κ3) is 4.57. The largest absolute Gasteiger partial charge is 0.302 e. The number of nitrogens with one attached hydrogen (secondary N) is 2. The van der Waals surface area contributed by atoms with Gasteiger partial charge in [-0.05, 0) is 12.1 Å². The second-order valence-electron chi connectivity index (χ2n) is 6.00. The van der Waals surface area contributed by atoms with E-state index >= 15 is 0 Å². The van der Waals surface area contributed by atoms with Crippen molar-refractivity contribution in [2.75, 3.05) is 5.32 Å². The number of Topliss-reactive ketones (excluding diaryl/α,β-unsaturated/α-hetero) is 1. The number of hydrogen-bond donors (Lipinski definition) is 2. The Morgan fingerprint density at radius 3 is 2.81 bits per heavy atom. The highest BCUT2D eigenvalue weighted by Crippen LogP contribution is 2.17. The van der Waals surface area contributed by atoms with Gasteiger partial charge in [-0.1, -0.05) is 19.9 Å². The molecule has 0 aliphatic heterocycles. The van der Waals surface area contributed by atoms with Crippen molar-refractivity contribution in [3.8, 4) is 11.5 Å². The van der Waals surface area contributed by atoms with Gasteiger partial charge in [0.05, 0.1) is 18.5 Å². The Labute approximate surface area is 154 Å². The van der Waals surface area contributed by atoms with Crippen LogP contribution in [0.15, 0.2) is 29.8 Å². The summed E-state index contributed by atoms with van der Waals surface area (Å²) in [5, 5.41) is 11.9. The first-order valence-electron chi connectivity index (χ1n) is 8.11. The van der Waals surface area contributed by atoms with Gasteiger partial charge in [0.2, 0.25) is 5.91 Å². The number of pyridine rings is 1. The Morgan fingerprint density at radius 2 is 2.08 bits per heavy atom. The van der Waals surface area contributed by atoms with E-state index in [1.165, 1.54) is 11.3 Å². The molecule has 0 aliphatic rings. The highest BCUT2D eigenvalue weighted by molar-refractivity contribution is 7.13. The number of aromatic amines is 1. The first-order valence-corrected chi connectivity index (χ1v) is 8.99. The summed E-state index contributed by atoms with van der Waals surface area (Å²) in [6, 6.07) is 5.46. The van der Waals surface area contributed by atoms with Crippen LogP contribution in [0.2, 0.25) is 0 Å². The molecule has 26 heavy (non-hydrogen) atoms.